The fraction of sp³-hybridized carbons (Fsp3) is 0.733. The molecule has 0 spiro atoms. The van der Waals surface area contributed by atoms with Gasteiger partial charge >= 0.3 is 0 Å². The molecule has 0 saturated carbocycles. The minimum atomic E-state index is -3.83. The van der Waals surface area contributed by atoms with Gasteiger partial charge in [-0.1, -0.05) is 13.8 Å². The number of aromatic nitrogens is 2. The van der Waals surface area contributed by atoms with E-state index in [9.17, 15) is 13.2 Å². The van der Waals surface area contributed by atoms with E-state index in [-0.39, 0.29) is 16.7 Å². The van der Waals surface area contributed by atoms with Crippen molar-refractivity contribution < 1.29 is 17.9 Å². The van der Waals surface area contributed by atoms with Gasteiger partial charge in [-0.25, -0.2) is 8.42 Å². The summed E-state index contributed by atoms with van der Waals surface area (Å²) in [5.74, 6) is -0.0244. The van der Waals surface area contributed by atoms with Crippen molar-refractivity contribution in [3.8, 4) is 0 Å². The summed E-state index contributed by atoms with van der Waals surface area (Å²) in [6.07, 6.45) is 0.436. The van der Waals surface area contributed by atoms with Gasteiger partial charge < -0.3 is 9.64 Å². The second kappa shape index (κ2) is 7.62. The SMILES string of the molecule is Cc1n[nH]c(C)c1S(=O)(=O)N[C@H](CC(C)C)C(=O)N1CCOCC1. The van der Waals surface area contributed by atoms with Gasteiger partial charge in [0.2, 0.25) is 15.9 Å². The number of hydrogen-bond acceptors (Lipinski definition) is 5. The molecule has 1 saturated heterocycles. The van der Waals surface area contributed by atoms with E-state index in [2.05, 4.69) is 14.9 Å². The van der Waals surface area contributed by atoms with Crippen molar-refractivity contribution in [1.29, 1.82) is 0 Å². The quantitative estimate of drug-likeness (QED) is 0.774. The first-order valence-electron chi connectivity index (χ1n) is 8.12. The molecule has 9 heteroatoms. The summed E-state index contributed by atoms with van der Waals surface area (Å²) in [7, 11) is -3.83. The molecule has 8 nitrogen and oxygen atoms in total. The number of aromatic amines is 1. The van der Waals surface area contributed by atoms with Crippen molar-refractivity contribution in [2.24, 2.45) is 5.92 Å². The Bertz CT molecular complexity index is 658. The first-order chi connectivity index (χ1) is 11.2. The van der Waals surface area contributed by atoms with E-state index in [1.807, 2.05) is 13.8 Å². The Hall–Kier alpha value is -1.45. The number of aryl methyl sites for hydroxylation is 2. The van der Waals surface area contributed by atoms with Crippen LogP contribution in [0, 0.1) is 19.8 Å². The molecule has 1 aromatic heterocycles. The van der Waals surface area contributed by atoms with E-state index in [0.29, 0.717) is 44.1 Å². The van der Waals surface area contributed by atoms with E-state index in [0.717, 1.165) is 0 Å². The van der Waals surface area contributed by atoms with Gasteiger partial charge in [0.15, 0.2) is 0 Å². The zero-order valence-corrected chi connectivity index (χ0v) is 15.4. The molecule has 1 aliphatic rings. The van der Waals surface area contributed by atoms with Gasteiger partial charge in [0, 0.05) is 13.1 Å². The first kappa shape index (κ1) is 18.9. The summed E-state index contributed by atoms with van der Waals surface area (Å²) in [5.41, 5.74) is 0.851. The number of rotatable bonds is 6. The molecule has 1 atom stereocenters. The number of amides is 1. The number of H-pyrrole nitrogens is 1. The minimum absolute atomic E-state index is 0.117. The number of hydrogen-bond donors (Lipinski definition) is 2. The van der Waals surface area contributed by atoms with Crippen LogP contribution in [-0.2, 0) is 19.6 Å². The highest BCUT2D eigenvalue weighted by Crippen LogP contribution is 2.19. The zero-order valence-electron chi connectivity index (χ0n) is 14.6. The lowest BCUT2D eigenvalue weighted by Gasteiger charge is -2.31. The molecule has 1 aliphatic heterocycles. The van der Waals surface area contributed by atoms with E-state index in [4.69, 9.17) is 4.74 Å². The highest BCUT2D eigenvalue weighted by atomic mass is 32.2. The fourth-order valence-electron chi connectivity index (χ4n) is 2.86. The second-order valence-electron chi connectivity index (χ2n) is 6.50. The number of nitrogens with zero attached hydrogens (tertiary/aromatic N) is 2. The highest BCUT2D eigenvalue weighted by molar-refractivity contribution is 7.89. The monoisotopic (exact) mass is 358 g/mol. The van der Waals surface area contributed by atoms with Gasteiger partial charge in [-0.05, 0) is 26.2 Å². The number of ether oxygens (including phenoxy) is 1. The Balaban J connectivity index is 2.23. The minimum Gasteiger partial charge on any atom is -0.378 e. The number of nitrogens with one attached hydrogen (secondary N) is 2. The van der Waals surface area contributed by atoms with Gasteiger partial charge in [-0.2, -0.15) is 9.82 Å². The summed E-state index contributed by atoms with van der Waals surface area (Å²) < 4.78 is 33.3. The molecule has 24 heavy (non-hydrogen) atoms. The topological polar surface area (TPSA) is 104 Å². The average Bonchev–Trinajstić information content (AvgIpc) is 2.85. The van der Waals surface area contributed by atoms with Gasteiger partial charge in [-0.3, -0.25) is 9.89 Å². The molecule has 1 fully saturated rings. The van der Waals surface area contributed by atoms with E-state index in [1.54, 1.807) is 18.7 Å². The normalized spacial score (nSPS) is 17.3. The fourth-order valence-corrected chi connectivity index (χ4v) is 4.43. The summed E-state index contributed by atoms with van der Waals surface area (Å²) in [5, 5.41) is 6.60. The maximum Gasteiger partial charge on any atom is 0.244 e. The third-order valence-corrected chi connectivity index (χ3v) is 5.69. The number of morpholine rings is 1. The molecular formula is C15H26N4O4S. The molecule has 2 N–H and O–H groups in total. The van der Waals surface area contributed by atoms with Crippen molar-refractivity contribution in [3.05, 3.63) is 11.4 Å². The molecule has 1 amide bonds. The van der Waals surface area contributed by atoms with Crippen LogP contribution in [0.5, 0.6) is 0 Å². The van der Waals surface area contributed by atoms with Crippen LogP contribution >= 0.6 is 0 Å². The molecule has 1 aromatic rings. The molecule has 0 aliphatic carbocycles. The van der Waals surface area contributed by atoms with Crippen molar-refractivity contribution >= 4 is 15.9 Å². The van der Waals surface area contributed by atoms with Crippen LogP contribution in [-0.4, -0.2) is 61.8 Å². The molecule has 0 aromatic carbocycles. The summed E-state index contributed by atoms with van der Waals surface area (Å²) in [6.45, 7) is 9.12. The Kier molecular flexibility index (Phi) is 6.00. The Morgan fingerprint density at radius 3 is 2.46 bits per heavy atom. The summed E-state index contributed by atoms with van der Waals surface area (Å²) in [4.78, 5) is 14.5. The van der Waals surface area contributed by atoms with Crippen LogP contribution in [0.4, 0.5) is 0 Å². The zero-order chi connectivity index (χ0) is 17.9. The lowest BCUT2D eigenvalue weighted by atomic mass is 10.0. The molecule has 0 bridgehead atoms. The van der Waals surface area contributed by atoms with Crippen LogP contribution in [0.2, 0.25) is 0 Å². The first-order valence-corrected chi connectivity index (χ1v) is 9.61. The Morgan fingerprint density at radius 2 is 1.96 bits per heavy atom. The van der Waals surface area contributed by atoms with Gasteiger partial charge in [0.1, 0.15) is 10.9 Å². The van der Waals surface area contributed by atoms with Crippen molar-refractivity contribution in [3.63, 3.8) is 0 Å². The lowest BCUT2D eigenvalue weighted by Crippen LogP contribution is -2.52. The lowest BCUT2D eigenvalue weighted by molar-refractivity contribution is -0.137. The number of sulfonamides is 1. The average molecular weight is 358 g/mol. The molecule has 136 valence electrons. The third-order valence-electron chi connectivity index (χ3n) is 3.95. The van der Waals surface area contributed by atoms with Crippen LogP contribution in [0.15, 0.2) is 4.90 Å². The van der Waals surface area contributed by atoms with Crippen molar-refractivity contribution in [2.75, 3.05) is 26.3 Å². The molecule has 2 heterocycles. The van der Waals surface area contributed by atoms with E-state index in [1.165, 1.54) is 0 Å². The van der Waals surface area contributed by atoms with Crippen molar-refractivity contribution in [1.82, 2.24) is 19.8 Å². The largest absolute Gasteiger partial charge is 0.378 e. The summed E-state index contributed by atoms with van der Waals surface area (Å²) in [6, 6.07) is -0.790. The predicted octanol–water partition coefficient (Wildman–Crippen LogP) is 0.578. The second-order valence-corrected chi connectivity index (χ2v) is 8.16. The van der Waals surface area contributed by atoms with Gasteiger partial charge in [0.25, 0.3) is 0 Å². The van der Waals surface area contributed by atoms with E-state index < -0.39 is 16.1 Å². The van der Waals surface area contributed by atoms with Crippen LogP contribution in [0.25, 0.3) is 0 Å². The van der Waals surface area contributed by atoms with Crippen LogP contribution < -0.4 is 4.72 Å². The highest BCUT2D eigenvalue weighted by Gasteiger charge is 2.32. The van der Waals surface area contributed by atoms with Crippen LogP contribution in [0.3, 0.4) is 0 Å². The Morgan fingerprint density at radius 1 is 1.33 bits per heavy atom. The van der Waals surface area contributed by atoms with Crippen molar-refractivity contribution in [2.45, 2.75) is 45.1 Å². The maximum atomic E-state index is 12.8. The number of carbonyl (C=O) groups excluding carboxylic acids is 1. The Labute approximate surface area is 143 Å². The standard InChI is InChI=1S/C15H26N4O4S/c1-10(2)9-13(15(20)19-5-7-23-8-6-19)18-24(21,22)14-11(3)16-17-12(14)4/h10,13,18H,5-9H2,1-4H3,(H,16,17)/t13-/m1/s1. The summed E-state index contributed by atoms with van der Waals surface area (Å²) >= 11 is 0. The molecule has 2 rings (SSSR count). The number of carbonyl (C=O) groups is 1. The smallest absolute Gasteiger partial charge is 0.244 e. The van der Waals surface area contributed by atoms with E-state index >= 15 is 0 Å². The molecule has 0 unspecified atom stereocenters. The van der Waals surface area contributed by atoms with Crippen LogP contribution in [0.1, 0.15) is 31.7 Å². The maximum absolute atomic E-state index is 12.8. The third kappa shape index (κ3) is 4.34. The van der Waals surface area contributed by atoms with Gasteiger partial charge in [-0.15, -0.1) is 0 Å². The molecule has 0 radical (unpaired) electrons. The van der Waals surface area contributed by atoms with Gasteiger partial charge in [0.05, 0.1) is 24.6 Å². The molecular weight excluding hydrogens is 332 g/mol. The predicted molar refractivity (Wildman–Crippen MR) is 89.0 cm³/mol.